The SMILES string of the molecule is CCC(C)N1CCN(C(=O)CN2CCN(c3ccc(C)c(C)c3)CC2)CC1. The van der Waals surface area contributed by atoms with E-state index in [0.717, 1.165) is 52.4 Å². The van der Waals surface area contributed by atoms with Gasteiger partial charge in [0.1, 0.15) is 0 Å². The second-order valence-corrected chi connectivity index (χ2v) is 8.21. The summed E-state index contributed by atoms with van der Waals surface area (Å²) in [6.45, 7) is 17.1. The van der Waals surface area contributed by atoms with Crippen LogP contribution < -0.4 is 4.90 Å². The minimum Gasteiger partial charge on any atom is -0.369 e. The lowest BCUT2D eigenvalue weighted by Crippen LogP contribution is -2.55. The quantitative estimate of drug-likeness (QED) is 0.794. The predicted molar refractivity (Wildman–Crippen MR) is 112 cm³/mol. The Bertz CT molecular complexity index is 631. The molecule has 1 aromatic rings. The Kier molecular flexibility index (Phi) is 6.77. The largest absolute Gasteiger partial charge is 0.369 e. The molecule has 0 N–H and O–H groups in total. The van der Waals surface area contributed by atoms with Crippen LogP contribution in [0.15, 0.2) is 18.2 Å². The van der Waals surface area contributed by atoms with Crippen molar-refractivity contribution < 1.29 is 4.79 Å². The van der Waals surface area contributed by atoms with Crippen LogP contribution >= 0.6 is 0 Å². The van der Waals surface area contributed by atoms with E-state index in [1.54, 1.807) is 0 Å². The molecular weight excluding hydrogens is 336 g/mol. The third-order valence-electron chi connectivity index (χ3n) is 6.47. The standard InChI is InChI=1S/C22H36N4O/c1-5-20(4)24-12-14-26(15-13-24)22(27)17-23-8-10-25(11-9-23)21-7-6-18(2)19(3)16-21/h6-7,16,20H,5,8-15,17H2,1-4H3. The number of hydrogen-bond acceptors (Lipinski definition) is 4. The van der Waals surface area contributed by atoms with Gasteiger partial charge in [0.25, 0.3) is 0 Å². The summed E-state index contributed by atoms with van der Waals surface area (Å²) in [5, 5.41) is 0. The Morgan fingerprint density at radius 1 is 0.963 bits per heavy atom. The van der Waals surface area contributed by atoms with Gasteiger partial charge in [0, 0.05) is 64.1 Å². The summed E-state index contributed by atoms with van der Waals surface area (Å²) in [5.41, 5.74) is 4.00. The van der Waals surface area contributed by atoms with Crippen LogP contribution in [0.3, 0.4) is 0 Å². The van der Waals surface area contributed by atoms with Crippen molar-refractivity contribution in [1.82, 2.24) is 14.7 Å². The fourth-order valence-corrected chi connectivity index (χ4v) is 4.05. The monoisotopic (exact) mass is 372 g/mol. The number of hydrogen-bond donors (Lipinski definition) is 0. The molecule has 2 aliphatic rings. The zero-order valence-corrected chi connectivity index (χ0v) is 17.6. The number of amides is 1. The number of aryl methyl sites for hydroxylation is 2. The fourth-order valence-electron chi connectivity index (χ4n) is 4.05. The van der Waals surface area contributed by atoms with Crippen molar-refractivity contribution in [1.29, 1.82) is 0 Å². The topological polar surface area (TPSA) is 30.0 Å². The molecule has 5 heteroatoms. The lowest BCUT2D eigenvalue weighted by molar-refractivity contribution is -0.134. The molecule has 2 fully saturated rings. The summed E-state index contributed by atoms with van der Waals surface area (Å²) in [6, 6.07) is 7.34. The molecule has 0 aromatic heterocycles. The van der Waals surface area contributed by atoms with Crippen molar-refractivity contribution in [3.63, 3.8) is 0 Å². The van der Waals surface area contributed by atoms with Gasteiger partial charge in [-0.2, -0.15) is 0 Å². The second kappa shape index (κ2) is 9.07. The van der Waals surface area contributed by atoms with Gasteiger partial charge in [-0.3, -0.25) is 14.6 Å². The van der Waals surface area contributed by atoms with Gasteiger partial charge in [-0.25, -0.2) is 0 Å². The predicted octanol–water partition coefficient (Wildman–Crippen LogP) is 2.37. The molecule has 0 saturated carbocycles. The van der Waals surface area contributed by atoms with Gasteiger partial charge in [-0.15, -0.1) is 0 Å². The van der Waals surface area contributed by atoms with E-state index >= 15 is 0 Å². The number of carbonyl (C=O) groups excluding carboxylic acids is 1. The van der Waals surface area contributed by atoms with E-state index in [-0.39, 0.29) is 0 Å². The first kappa shape index (κ1) is 20.2. The Balaban J connectivity index is 1.44. The number of rotatable bonds is 5. The molecule has 3 rings (SSSR count). The molecule has 0 aliphatic carbocycles. The van der Waals surface area contributed by atoms with Crippen LogP contribution in [0.4, 0.5) is 5.69 Å². The molecule has 0 bridgehead atoms. The van der Waals surface area contributed by atoms with E-state index < -0.39 is 0 Å². The Morgan fingerprint density at radius 2 is 1.63 bits per heavy atom. The average Bonchev–Trinajstić information content (AvgIpc) is 2.70. The minimum absolute atomic E-state index is 0.304. The zero-order chi connectivity index (χ0) is 19.4. The summed E-state index contributed by atoms with van der Waals surface area (Å²) in [7, 11) is 0. The molecular formula is C22H36N4O. The molecule has 1 unspecified atom stereocenters. The summed E-state index contributed by atoms with van der Waals surface area (Å²) >= 11 is 0. The molecule has 2 aliphatic heterocycles. The third kappa shape index (κ3) is 5.02. The van der Waals surface area contributed by atoms with E-state index in [9.17, 15) is 4.79 Å². The van der Waals surface area contributed by atoms with E-state index in [4.69, 9.17) is 0 Å². The number of nitrogens with zero attached hydrogens (tertiary/aromatic N) is 4. The van der Waals surface area contributed by atoms with Crippen LogP contribution in [0.5, 0.6) is 0 Å². The lowest BCUT2D eigenvalue weighted by atomic mass is 10.1. The summed E-state index contributed by atoms with van der Waals surface area (Å²) in [4.78, 5) is 22.0. The molecule has 1 atom stereocenters. The van der Waals surface area contributed by atoms with E-state index in [1.807, 2.05) is 0 Å². The van der Waals surface area contributed by atoms with Crippen molar-refractivity contribution in [2.24, 2.45) is 0 Å². The van der Waals surface area contributed by atoms with E-state index in [2.05, 4.69) is 65.5 Å². The van der Waals surface area contributed by atoms with Crippen LogP contribution in [0.25, 0.3) is 0 Å². The van der Waals surface area contributed by atoms with Gasteiger partial charge in [0.15, 0.2) is 0 Å². The van der Waals surface area contributed by atoms with E-state index in [1.165, 1.54) is 23.2 Å². The van der Waals surface area contributed by atoms with Crippen LogP contribution in [0, 0.1) is 13.8 Å². The first-order chi connectivity index (χ1) is 13.0. The number of carbonyl (C=O) groups is 1. The van der Waals surface area contributed by atoms with Gasteiger partial charge in [0.05, 0.1) is 6.54 Å². The maximum Gasteiger partial charge on any atom is 0.236 e. The van der Waals surface area contributed by atoms with Crippen LogP contribution in [0.1, 0.15) is 31.4 Å². The van der Waals surface area contributed by atoms with Gasteiger partial charge >= 0.3 is 0 Å². The normalized spacial score (nSPS) is 20.7. The Morgan fingerprint density at radius 3 is 2.22 bits per heavy atom. The van der Waals surface area contributed by atoms with Crippen LogP contribution in [0.2, 0.25) is 0 Å². The van der Waals surface area contributed by atoms with Crippen LogP contribution in [-0.2, 0) is 4.79 Å². The lowest BCUT2D eigenvalue weighted by Gasteiger charge is -2.40. The Labute approximate surface area is 164 Å². The fraction of sp³-hybridized carbons (Fsp3) is 0.682. The second-order valence-electron chi connectivity index (χ2n) is 8.21. The zero-order valence-electron chi connectivity index (χ0n) is 17.6. The molecule has 0 spiro atoms. The highest BCUT2D eigenvalue weighted by atomic mass is 16.2. The highest BCUT2D eigenvalue weighted by Gasteiger charge is 2.26. The molecule has 5 nitrogen and oxygen atoms in total. The smallest absolute Gasteiger partial charge is 0.236 e. The highest BCUT2D eigenvalue weighted by molar-refractivity contribution is 5.78. The maximum atomic E-state index is 12.7. The highest BCUT2D eigenvalue weighted by Crippen LogP contribution is 2.20. The third-order valence-corrected chi connectivity index (χ3v) is 6.47. The van der Waals surface area contributed by atoms with Crippen molar-refractivity contribution in [2.45, 2.75) is 40.2 Å². The Hall–Kier alpha value is -1.59. The van der Waals surface area contributed by atoms with E-state index in [0.29, 0.717) is 18.5 Å². The first-order valence-electron chi connectivity index (χ1n) is 10.5. The molecule has 1 amide bonds. The van der Waals surface area contributed by atoms with Crippen molar-refractivity contribution in [3.05, 3.63) is 29.3 Å². The first-order valence-corrected chi connectivity index (χ1v) is 10.5. The van der Waals surface area contributed by atoms with Gasteiger partial charge in [-0.05, 0) is 50.5 Å². The molecule has 27 heavy (non-hydrogen) atoms. The number of piperazine rings is 2. The molecule has 2 heterocycles. The van der Waals surface area contributed by atoms with Crippen molar-refractivity contribution >= 4 is 11.6 Å². The number of anilines is 1. The average molecular weight is 373 g/mol. The van der Waals surface area contributed by atoms with Gasteiger partial charge in [-0.1, -0.05) is 13.0 Å². The van der Waals surface area contributed by atoms with Crippen molar-refractivity contribution in [2.75, 3.05) is 63.8 Å². The minimum atomic E-state index is 0.304. The van der Waals surface area contributed by atoms with Crippen LogP contribution in [-0.4, -0.2) is 85.6 Å². The number of benzene rings is 1. The van der Waals surface area contributed by atoms with Crippen molar-refractivity contribution in [3.8, 4) is 0 Å². The molecule has 0 radical (unpaired) electrons. The summed E-state index contributed by atoms with van der Waals surface area (Å²) < 4.78 is 0. The molecule has 1 aromatic carbocycles. The molecule has 150 valence electrons. The van der Waals surface area contributed by atoms with Gasteiger partial charge in [0.2, 0.25) is 5.91 Å². The summed E-state index contributed by atoms with van der Waals surface area (Å²) in [5.74, 6) is 0.304. The summed E-state index contributed by atoms with van der Waals surface area (Å²) in [6.07, 6.45) is 1.18. The maximum absolute atomic E-state index is 12.7. The molecule has 2 saturated heterocycles. The van der Waals surface area contributed by atoms with Gasteiger partial charge < -0.3 is 9.80 Å².